The maximum Gasteiger partial charge on any atom is 0.151 e. The molecule has 0 aliphatic rings. The number of halogens is 1. The first-order valence-corrected chi connectivity index (χ1v) is 5.59. The number of para-hydroxylation sites is 1. The van der Waals surface area contributed by atoms with E-state index in [1.807, 2.05) is 19.1 Å². The number of nitrogens with one attached hydrogen (secondary N) is 1. The highest BCUT2D eigenvalue weighted by Crippen LogP contribution is 2.29. The molecule has 0 saturated heterocycles. The Hall–Kier alpha value is -2.36. The highest BCUT2D eigenvalue weighted by atomic mass is 19.1. The molecule has 2 N–H and O–H groups in total. The zero-order valence-corrected chi connectivity index (χ0v) is 9.74. The van der Waals surface area contributed by atoms with Crippen molar-refractivity contribution in [2.24, 2.45) is 0 Å². The molecule has 0 spiro atoms. The molecule has 0 aliphatic carbocycles. The number of phenols is 1. The molecular weight excluding hydrogens is 231 g/mol. The number of rotatable bonds is 1. The van der Waals surface area contributed by atoms with Crippen molar-refractivity contribution in [1.82, 2.24) is 9.97 Å². The van der Waals surface area contributed by atoms with Crippen LogP contribution in [0.4, 0.5) is 4.39 Å². The Morgan fingerprint density at radius 1 is 1.22 bits per heavy atom. The molecule has 18 heavy (non-hydrogen) atoms. The monoisotopic (exact) mass is 242 g/mol. The summed E-state index contributed by atoms with van der Waals surface area (Å²) >= 11 is 0. The minimum Gasteiger partial charge on any atom is -0.507 e. The minimum absolute atomic E-state index is 0.125. The summed E-state index contributed by atoms with van der Waals surface area (Å²) in [4.78, 5) is 7.20. The van der Waals surface area contributed by atoms with Gasteiger partial charge in [-0.3, -0.25) is 0 Å². The van der Waals surface area contributed by atoms with Gasteiger partial charge in [0.05, 0.1) is 11.1 Å². The molecule has 1 heterocycles. The van der Waals surface area contributed by atoms with Crippen LogP contribution in [0, 0.1) is 12.7 Å². The molecule has 90 valence electrons. The average Bonchev–Trinajstić information content (AvgIpc) is 2.77. The van der Waals surface area contributed by atoms with Crippen LogP contribution in [0.1, 0.15) is 5.56 Å². The highest BCUT2D eigenvalue weighted by Gasteiger charge is 2.11. The van der Waals surface area contributed by atoms with Gasteiger partial charge in [-0.25, -0.2) is 9.37 Å². The number of fused-ring (bicyclic) bond motifs is 1. The lowest BCUT2D eigenvalue weighted by molar-refractivity contribution is 0.477. The number of hydrogen-bond acceptors (Lipinski definition) is 2. The van der Waals surface area contributed by atoms with Crippen LogP contribution in [-0.2, 0) is 0 Å². The van der Waals surface area contributed by atoms with E-state index in [1.165, 1.54) is 6.07 Å². The van der Waals surface area contributed by atoms with E-state index >= 15 is 0 Å². The Labute approximate surface area is 103 Å². The largest absolute Gasteiger partial charge is 0.507 e. The van der Waals surface area contributed by atoms with E-state index in [0.717, 1.165) is 5.56 Å². The fourth-order valence-electron chi connectivity index (χ4n) is 1.96. The summed E-state index contributed by atoms with van der Waals surface area (Å²) in [6.45, 7) is 1.92. The number of hydrogen-bond donors (Lipinski definition) is 2. The second-order valence-corrected chi connectivity index (χ2v) is 4.24. The number of H-pyrrole nitrogens is 1. The number of nitrogens with zero attached hydrogens (tertiary/aromatic N) is 1. The molecule has 4 heteroatoms. The predicted molar refractivity (Wildman–Crippen MR) is 67.9 cm³/mol. The fourth-order valence-corrected chi connectivity index (χ4v) is 1.96. The minimum atomic E-state index is -0.373. The quantitative estimate of drug-likeness (QED) is 0.687. The first kappa shape index (κ1) is 10.8. The Bertz CT molecular complexity index is 734. The molecule has 0 fully saturated rings. The van der Waals surface area contributed by atoms with Gasteiger partial charge in [0.1, 0.15) is 17.1 Å². The van der Waals surface area contributed by atoms with Crippen LogP contribution in [-0.4, -0.2) is 15.1 Å². The van der Waals surface area contributed by atoms with Crippen molar-refractivity contribution in [1.29, 1.82) is 0 Å². The normalized spacial score (nSPS) is 11.0. The van der Waals surface area contributed by atoms with Crippen molar-refractivity contribution >= 4 is 11.0 Å². The van der Waals surface area contributed by atoms with Crippen LogP contribution in [0.25, 0.3) is 22.4 Å². The molecule has 2 aromatic carbocycles. The third-order valence-electron chi connectivity index (χ3n) is 2.87. The molecule has 0 atom stereocenters. The maximum atomic E-state index is 13.6. The number of benzene rings is 2. The topological polar surface area (TPSA) is 48.9 Å². The third kappa shape index (κ3) is 1.62. The first-order valence-electron chi connectivity index (χ1n) is 5.59. The zero-order chi connectivity index (χ0) is 12.7. The van der Waals surface area contributed by atoms with E-state index in [2.05, 4.69) is 9.97 Å². The van der Waals surface area contributed by atoms with Gasteiger partial charge in [0.2, 0.25) is 0 Å². The Balaban J connectivity index is 2.26. The summed E-state index contributed by atoms with van der Waals surface area (Å²) in [7, 11) is 0. The number of aromatic amines is 1. The van der Waals surface area contributed by atoms with Crippen LogP contribution in [0.2, 0.25) is 0 Å². The summed E-state index contributed by atoms with van der Waals surface area (Å²) in [5, 5.41) is 9.83. The van der Waals surface area contributed by atoms with Crippen molar-refractivity contribution in [3.63, 3.8) is 0 Å². The molecule has 3 rings (SSSR count). The van der Waals surface area contributed by atoms with Crippen molar-refractivity contribution in [3.8, 4) is 17.1 Å². The number of phenolic OH excluding ortho intramolecular Hbond substituents is 1. The molecule has 0 aliphatic heterocycles. The molecule has 3 nitrogen and oxygen atoms in total. The first-order chi connectivity index (χ1) is 8.65. The summed E-state index contributed by atoms with van der Waals surface area (Å²) in [5.74, 6) is 0.221. The van der Waals surface area contributed by atoms with Gasteiger partial charge in [-0.05, 0) is 31.2 Å². The predicted octanol–water partition coefficient (Wildman–Crippen LogP) is 3.38. The molecule has 0 unspecified atom stereocenters. The number of aromatic nitrogens is 2. The van der Waals surface area contributed by atoms with Gasteiger partial charge in [0.25, 0.3) is 0 Å². The van der Waals surface area contributed by atoms with Gasteiger partial charge in [0, 0.05) is 0 Å². The van der Waals surface area contributed by atoms with Crippen LogP contribution >= 0.6 is 0 Å². The average molecular weight is 242 g/mol. The Morgan fingerprint density at radius 3 is 2.83 bits per heavy atom. The lowest BCUT2D eigenvalue weighted by Crippen LogP contribution is -1.83. The van der Waals surface area contributed by atoms with E-state index in [-0.39, 0.29) is 17.1 Å². The van der Waals surface area contributed by atoms with Crippen LogP contribution in [0.5, 0.6) is 5.75 Å². The maximum absolute atomic E-state index is 13.6. The van der Waals surface area contributed by atoms with Gasteiger partial charge in [-0.1, -0.05) is 17.7 Å². The van der Waals surface area contributed by atoms with Gasteiger partial charge in [-0.15, -0.1) is 0 Å². The summed E-state index contributed by atoms with van der Waals surface area (Å²) in [6, 6.07) is 9.96. The Morgan fingerprint density at radius 2 is 2.06 bits per heavy atom. The van der Waals surface area contributed by atoms with E-state index in [0.29, 0.717) is 16.9 Å². The van der Waals surface area contributed by atoms with Crippen molar-refractivity contribution in [2.45, 2.75) is 6.92 Å². The second-order valence-electron chi connectivity index (χ2n) is 4.24. The van der Waals surface area contributed by atoms with Crippen LogP contribution in [0.3, 0.4) is 0 Å². The van der Waals surface area contributed by atoms with E-state index in [1.54, 1.807) is 18.2 Å². The summed E-state index contributed by atoms with van der Waals surface area (Å²) in [5.41, 5.74) is 2.48. The molecule has 0 saturated carbocycles. The van der Waals surface area contributed by atoms with E-state index in [4.69, 9.17) is 0 Å². The van der Waals surface area contributed by atoms with Crippen molar-refractivity contribution in [2.75, 3.05) is 0 Å². The second kappa shape index (κ2) is 3.84. The van der Waals surface area contributed by atoms with Gasteiger partial charge < -0.3 is 10.1 Å². The number of imidazole rings is 1. The number of aryl methyl sites for hydroxylation is 1. The van der Waals surface area contributed by atoms with Gasteiger partial charge in [-0.2, -0.15) is 0 Å². The van der Waals surface area contributed by atoms with Crippen molar-refractivity contribution < 1.29 is 9.50 Å². The lowest BCUT2D eigenvalue weighted by Gasteiger charge is -2.01. The SMILES string of the molecule is Cc1ccc(O)c(-c2nc3c(F)cccc3[nH]2)c1. The molecule has 0 amide bonds. The third-order valence-corrected chi connectivity index (χ3v) is 2.87. The van der Waals surface area contributed by atoms with E-state index in [9.17, 15) is 9.50 Å². The molecule has 0 bridgehead atoms. The van der Waals surface area contributed by atoms with Gasteiger partial charge >= 0.3 is 0 Å². The van der Waals surface area contributed by atoms with Crippen LogP contribution in [0.15, 0.2) is 36.4 Å². The van der Waals surface area contributed by atoms with Crippen molar-refractivity contribution in [3.05, 3.63) is 47.8 Å². The molecule has 0 radical (unpaired) electrons. The smallest absolute Gasteiger partial charge is 0.151 e. The zero-order valence-electron chi connectivity index (χ0n) is 9.74. The highest BCUT2D eigenvalue weighted by molar-refractivity contribution is 5.81. The fraction of sp³-hybridized carbons (Fsp3) is 0.0714. The summed E-state index contributed by atoms with van der Waals surface area (Å²) in [6.07, 6.45) is 0. The molecular formula is C14H11FN2O. The standard InChI is InChI=1S/C14H11FN2O/c1-8-5-6-12(18)9(7-8)14-16-11-4-2-3-10(15)13(11)17-14/h2-7,18H,1H3,(H,16,17). The summed E-state index contributed by atoms with van der Waals surface area (Å²) < 4.78 is 13.6. The van der Waals surface area contributed by atoms with Crippen LogP contribution < -0.4 is 0 Å². The van der Waals surface area contributed by atoms with E-state index < -0.39 is 0 Å². The Kier molecular flexibility index (Phi) is 2.30. The lowest BCUT2D eigenvalue weighted by atomic mass is 10.1. The molecule has 3 aromatic rings. The van der Waals surface area contributed by atoms with Gasteiger partial charge in [0.15, 0.2) is 5.82 Å². The molecule has 1 aromatic heterocycles. The number of aromatic hydroxyl groups is 1.